The average Bonchev–Trinajstić information content (AvgIpc) is 2.58. The van der Waals surface area contributed by atoms with Gasteiger partial charge >= 0.3 is 6.18 Å². The van der Waals surface area contributed by atoms with Crippen molar-refractivity contribution in [2.24, 2.45) is 11.8 Å². The van der Waals surface area contributed by atoms with Gasteiger partial charge in [0.25, 0.3) is 0 Å². The third-order valence-corrected chi connectivity index (χ3v) is 2.90. The zero-order valence-electron chi connectivity index (χ0n) is 9.47. The second-order valence-electron chi connectivity index (χ2n) is 4.21. The van der Waals surface area contributed by atoms with Crippen molar-refractivity contribution < 1.29 is 18.0 Å². The lowest BCUT2D eigenvalue weighted by atomic mass is 9.96. The van der Waals surface area contributed by atoms with Crippen LogP contribution in [0, 0.1) is 11.8 Å². The number of alkyl halides is 3. The lowest BCUT2D eigenvalue weighted by Crippen LogP contribution is -2.43. The molecule has 0 radical (unpaired) electrons. The Kier molecular flexibility index (Phi) is 4.18. The molecule has 0 aromatic rings. The van der Waals surface area contributed by atoms with E-state index in [0.717, 1.165) is 4.90 Å². The molecule has 0 saturated carbocycles. The van der Waals surface area contributed by atoms with E-state index in [1.54, 1.807) is 6.92 Å². The molecule has 94 valence electrons. The summed E-state index contributed by atoms with van der Waals surface area (Å²) in [5.74, 6) is -0.602. The third-order valence-electron chi connectivity index (χ3n) is 2.90. The molecule has 1 N–H and O–H groups in total. The molecular formula is C10H17F3N2O. The summed E-state index contributed by atoms with van der Waals surface area (Å²) in [6, 6.07) is 0. The molecule has 0 spiro atoms. The standard InChI is InChI=1S/C10H17F3N2O/c1-3-15(6-10(11,12)13)9(16)8-5-14-4-7(8)2/h7-8,14H,3-6H2,1-2H3/t7-,8-/m1/s1. The molecule has 0 aliphatic carbocycles. The summed E-state index contributed by atoms with van der Waals surface area (Å²) in [7, 11) is 0. The van der Waals surface area contributed by atoms with Crippen molar-refractivity contribution in [2.45, 2.75) is 20.0 Å². The fourth-order valence-corrected chi connectivity index (χ4v) is 1.94. The number of rotatable bonds is 3. The minimum absolute atomic E-state index is 0.0988. The van der Waals surface area contributed by atoms with Crippen LogP contribution in [0.1, 0.15) is 13.8 Å². The van der Waals surface area contributed by atoms with Gasteiger partial charge in [-0.1, -0.05) is 6.92 Å². The Hall–Kier alpha value is -0.780. The number of hydrogen-bond acceptors (Lipinski definition) is 2. The highest BCUT2D eigenvalue weighted by molar-refractivity contribution is 5.79. The molecule has 1 fully saturated rings. The van der Waals surface area contributed by atoms with Crippen LogP contribution in [0.5, 0.6) is 0 Å². The highest BCUT2D eigenvalue weighted by atomic mass is 19.4. The predicted molar refractivity (Wildman–Crippen MR) is 53.8 cm³/mol. The summed E-state index contributed by atoms with van der Waals surface area (Å²) in [6.45, 7) is 3.57. The quantitative estimate of drug-likeness (QED) is 0.802. The first-order valence-corrected chi connectivity index (χ1v) is 5.41. The molecule has 1 aliphatic heterocycles. The van der Waals surface area contributed by atoms with Crippen molar-refractivity contribution >= 4 is 5.91 Å². The molecule has 0 bridgehead atoms. The molecule has 0 unspecified atom stereocenters. The Morgan fingerprint density at radius 3 is 2.44 bits per heavy atom. The fraction of sp³-hybridized carbons (Fsp3) is 0.900. The smallest absolute Gasteiger partial charge is 0.334 e. The van der Waals surface area contributed by atoms with E-state index in [1.807, 2.05) is 6.92 Å². The number of amides is 1. The number of nitrogens with zero attached hydrogens (tertiary/aromatic N) is 1. The molecule has 0 aromatic heterocycles. The molecule has 1 amide bonds. The second kappa shape index (κ2) is 5.03. The number of halogens is 3. The van der Waals surface area contributed by atoms with Gasteiger partial charge in [-0.3, -0.25) is 4.79 Å². The summed E-state index contributed by atoms with van der Waals surface area (Å²) < 4.78 is 36.7. The van der Waals surface area contributed by atoms with Crippen LogP contribution in [0.3, 0.4) is 0 Å². The second-order valence-corrected chi connectivity index (χ2v) is 4.21. The van der Waals surface area contributed by atoms with Crippen LogP contribution in [0.15, 0.2) is 0 Å². The largest absolute Gasteiger partial charge is 0.406 e. The lowest BCUT2D eigenvalue weighted by molar-refractivity contribution is -0.163. The van der Waals surface area contributed by atoms with Gasteiger partial charge in [0, 0.05) is 13.1 Å². The molecule has 1 saturated heterocycles. The molecule has 0 aromatic carbocycles. The van der Waals surface area contributed by atoms with E-state index in [1.165, 1.54) is 0 Å². The number of nitrogens with one attached hydrogen (secondary N) is 1. The van der Waals surface area contributed by atoms with E-state index >= 15 is 0 Å². The van der Waals surface area contributed by atoms with Gasteiger partial charge in [-0.25, -0.2) is 0 Å². The van der Waals surface area contributed by atoms with Gasteiger partial charge in [0.1, 0.15) is 6.54 Å². The highest BCUT2D eigenvalue weighted by Gasteiger charge is 2.37. The number of carbonyl (C=O) groups is 1. The molecule has 1 heterocycles. The normalized spacial score (nSPS) is 25.8. The van der Waals surface area contributed by atoms with E-state index < -0.39 is 18.6 Å². The summed E-state index contributed by atoms with van der Waals surface area (Å²) in [6.07, 6.45) is -4.32. The Morgan fingerprint density at radius 2 is 2.06 bits per heavy atom. The zero-order valence-corrected chi connectivity index (χ0v) is 9.47. The van der Waals surface area contributed by atoms with Crippen LogP contribution in [0.25, 0.3) is 0 Å². The van der Waals surface area contributed by atoms with E-state index in [9.17, 15) is 18.0 Å². The van der Waals surface area contributed by atoms with E-state index in [0.29, 0.717) is 13.1 Å². The average molecular weight is 238 g/mol. The zero-order chi connectivity index (χ0) is 12.3. The topological polar surface area (TPSA) is 32.3 Å². The Bertz CT molecular complexity index is 255. The maximum Gasteiger partial charge on any atom is 0.406 e. The first-order valence-electron chi connectivity index (χ1n) is 5.41. The van der Waals surface area contributed by atoms with Crippen molar-refractivity contribution in [3.8, 4) is 0 Å². The molecular weight excluding hydrogens is 221 g/mol. The summed E-state index contributed by atoms with van der Waals surface area (Å²) in [5, 5.41) is 3.02. The van der Waals surface area contributed by atoms with Gasteiger partial charge in [0.15, 0.2) is 0 Å². The van der Waals surface area contributed by atoms with Crippen LogP contribution in [-0.4, -0.2) is 43.2 Å². The van der Waals surface area contributed by atoms with Gasteiger partial charge in [-0.2, -0.15) is 13.2 Å². The lowest BCUT2D eigenvalue weighted by Gasteiger charge is -2.26. The monoisotopic (exact) mass is 238 g/mol. The summed E-state index contributed by atoms with van der Waals surface area (Å²) >= 11 is 0. The molecule has 2 atom stereocenters. The Labute approximate surface area is 93.0 Å². The van der Waals surface area contributed by atoms with Crippen molar-refractivity contribution in [3.05, 3.63) is 0 Å². The van der Waals surface area contributed by atoms with Crippen molar-refractivity contribution in [1.82, 2.24) is 10.2 Å². The van der Waals surface area contributed by atoms with Gasteiger partial charge in [0.2, 0.25) is 5.91 Å². The first kappa shape index (κ1) is 13.3. The summed E-state index contributed by atoms with van der Waals surface area (Å²) in [5.41, 5.74) is 0. The van der Waals surface area contributed by atoms with Crippen LogP contribution in [0.4, 0.5) is 13.2 Å². The Balaban J connectivity index is 2.62. The van der Waals surface area contributed by atoms with Gasteiger partial charge in [0.05, 0.1) is 5.92 Å². The maximum absolute atomic E-state index is 12.2. The highest BCUT2D eigenvalue weighted by Crippen LogP contribution is 2.22. The van der Waals surface area contributed by atoms with Crippen molar-refractivity contribution in [2.75, 3.05) is 26.2 Å². The van der Waals surface area contributed by atoms with Crippen molar-refractivity contribution in [3.63, 3.8) is 0 Å². The van der Waals surface area contributed by atoms with Crippen LogP contribution in [0.2, 0.25) is 0 Å². The van der Waals surface area contributed by atoms with Gasteiger partial charge < -0.3 is 10.2 Å². The van der Waals surface area contributed by atoms with Crippen LogP contribution >= 0.6 is 0 Å². The molecule has 6 heteroatoms. The van der Waals surface area contributed by atoms with Gasteiger partial charge in [-0.15, -0.1) is 0 Å². The minimum atomic E-state index is -4.32. The van der Waals surface area contributed by atoms with Crippen molar-refractivity contribution in [1.29, 1.82) is 0 Å². The number of hydrogen-bond donors (Lipinski definition) is 1. The van der Waals surface area contributed by atoms with Crippen LogP contribution in [-0.2, 0) is 4.79 Å². The molecule has 1 aliphatic rings. The molecule has 3 nitrogen and oxygen atoms in total. The number of carbonyl (C=O) groups excluding carboxylic acids is 1. The van der Waals surface area contributed by atoms with Gasteiger partial charge in [-0.05, 0) is 19.4 Å². The molecule has 1 rings (SSSR count). The predicted octanol–water partition coefficient (Wildman–Crippen LogP) is 1.25. The first-order chi connectivity index (χ1) is 7.35. The SMILES string of the molecule is CCN(CC(F)(F)F)C(=O)[C@@H]1CNC[C@H]1C. The minimum Gasteiger partial charge on any atom is -0.334 e. The molecule has 16 heavy (non-hydrogen) atoms. The van der Waals surface area contributed by atoms with E-state index in [4.69, 9.17) is 0 Å². The fourth-order valence-electron chi connectivity index (χ4n) is 1.94. The maximum atomic E-state index is 12.2. The van der Waals surface area contributed by atoms with E-state index in [-0.39, 0.29) is 18.4 Å². The summed E-state index contributed by atoms with van der Waals surface area (Å²) in [4.78, 5) is 12.7. The Morgan fingerprint density at radius 1 is 1.44 bits per heavy atom. The van der Waals surface area contributed by atoms with E-state index in [2.05, 4.69) is 5.32 Å². The third kappa shape index (κ3) is 3.37. The van der Waals surface area contributed by atoms with Crippen LogP contribution < -0.4 is 5.32 Å².